The summed E-state index contributed by atoms with van der Waals surface area (Å²) in [5.41, 5.74) is 1.01. The molecule has 1 aromatic heterocycles. The van der Waals surface area contributed by atoms with E-state index in [1.807, 2.05) is 13.1 Å². The molecule has 1 aliphatic rings. The Morgan fingerprint density at radius 1 is 1.86 bits per heavy atom. The van der Waals surface area contributed by atoms with Crippen molar-refractivity contribution in [3.63, 3.8) is 0 Å². The Bertz CT molecular complexity index is 352. The maximum absolute atomic E-state index is 10.7. The van der Waals surface area contributed by atoms with E-state index in [1.165, 1.54) is 0 Å². The first-order valence-corrected chi connectivity index (χ1v) is 5.31. The van der Waals surface area contributed by atoms with Gasteiger partial charge in [-0.2, -0.15) is 5.10 Å². The summed E-state index contributed by atoms with van der Waals surface area (Å²) < 4.78 is 1.76. The number of nitrogens with zero attached hydrogens (tertiary/aromatic N) is 2. The monoisotopic (exact) mass is 213 g/mol. The number of hydrogen-bond acceptors (Lipinski definition) is 4. The van der Waals surface area contributed by atoms with Gasteiger partial charge in [0.25, 0.3) is 0 Å². The molecule has 2 heterocycles. The minimum atomic E-state index is -0.790. The molecule has 0 unspecified atom stereocenters. The highest BCUT2D eigenvalue weighted by Crippen LogP contribution is 2.32. The Morgan fingerprint density at radius 2 is 2.64 bits per heavy atom. The van der Waals surface area contributed by atoms with Gasteiger partial charge in [0.1, 0.15) is 6.04 Å². The first-order valence-electron chi connectivity index (χ1n) is 4.27. The van der Waals surface area contributed by atoms with Gasteiger partial charge in [0, 0.05) is 19.0 Å². The number of hydrogen-bond donors (Lipinski definition) is 2. The zero-order chi connectivity index (χ0) is 10.1. The van der Waals surface area contributed by atoms with Gasteiger partial charge in [-0.1, -0.05) is 0 Å². The standard InChI is InChI=1S/C8H11N3O2S/c1-11-6(2-3-9-11)7-10-5(4-14-7)8(12)13/h2-3,5,7,10H,4H2,1H3,(H,12,13)/t5-,7-/m1/s1. The van der Waals surface area contributed by atoms with E-state index in [2.05, 4.69) is 10.4 Å². The lowest BCUT2D eigenvalue weighted by Gasteiger charge is -2.10. The molecule has 0 aliphatic carbocycles. The average molecular weight is 213 g/mol. The van der Waals surface area contributed by atoms with Crippen molar-refractivity contribution in [2.75, 3.05) is 5.75 Å². The van der Waals surface area contributed by atoms with Gasteiger partial charge in [-0.15, -0.1) is 11.8 Å². The predicted molar refractivity (Wildman–Crippen MR) is 53.0 cm³/mol. The summed E-state index contributed by atoms with van der Waals surface area (Å²) in [4.78, 5) is 10.7. The van der Waals surface area contributed by atoms with Gasteiger partial charge < -0.3 is 5.11 Å². The van der Waals surface area contributed by atoms with Crippen molar-refractivity contribution < 1.29 is 9.90 Å². The minimum absolute atomic E-state index is 0.0450. The van der Waals surface area contributed by atoms with Crippen LogP contribution < -0.4 is 5.32 Å². The first kappa shape index (κ1) is 9.54. The Kier molecular flexibility index (Phi) is 2.47. The van der Waals surface area contributed by atoms with Crippen LogP contribution >= 0.6 is 11.8 Å². The van der Waals surface area contributed by atoms with Crippen molar-refractivity contribution in [3.05, 3.63) is 18.0 Å². The van der Waals surface area contributed by atoms with Crippen LogP contribution in [0.3, 0.4) is 0 Å². The average Bonchev–Trinajstić information content (AvgIpc) is 2.71. The fourth-order valence-corrected chi connectivity index (χ4v) is 2.71. The van der Waals surface area contributed by atoms with Gasteiger partial charge in [0.05, 0.1) is 11.1 Å². The van der Waals surface area contributed by atoms with Crippen molar-refractivity contribution >= 4 is 17.7 Å². The molecule has 6 heteroatoms. The molecule has 1 saturated heterocycles. The van der Waals surface area contributed by atoms with E-state index in [0.29, 0.717) is 5.75 Å². The molecule has 1 aromatic rings. The van der Waals surface area contributed by atoms with Crippen LogP contribution in [0.5, 0.6) is 0 Å². The lowest BCUT2D eigenvalue weighted by molar-refractivity contribution is -0.138. The Hall–Kier alpha value is -1.01. The molecule has 76 valence electrons. The summed E-state index contributed by atoms with van der Waals surface area (Å²) in [5.74, 6) is -0.187. The summed E-state index contributed by atoms with van der Waals surface area (Å²) in [7, 11) is 1.85. The van der Waals surface area contributed by atoms with Crippen molar-refractivity contribution in [2.45, 2.75) is 11.4 Å². The molecule has 0 saturated carbocycles. The van der Waals surface area contributed by atoms with E-state index < -0.39 is 12.0 Å². The number of nitrogens with one attached hydrogen (secondary N) is 1. The van der Waals surface area contributed by atoms with Crippen LogP contribution in [0.1, 0.15) is 11.1 Å². The van der Waals surface area contributed by atoms with E-state index in [-0.39, 0.29) is 5.37 Å². The lowest BCUT2D eigenvalue weighted by Crippen LogP contribution is -2.34. The predicted octanol–water partition coefficient (Wildman–Crippen LogP) is 0.208. The molecule has 0 amide bonds. The Labute approximate surface area is 85.5 Å². The Morgan fingerprint density at radius 3 is 3.14 bits per heavy atom. The van der Waals surface area contributed by atoms with Crippen molar-refractivity contribution in [3.8, 4) is 0 Å². The van der Waals surface area contributed by atoms with E-state index in [4.69, 9.17) is 5.11 Å². The normalized spacial score (nSPS) is 26.6. The molecule has 2 rings (SSSR count). The smallest absolute Gasteiger partial charge is 0.321 e. The number of aliphatic carboxylic acids is 1. The highest BCUT2D eigenvalue weighted by molar-refractivity contribution is 7.99. The van der Waals surface area contributed by atoms with Gasteiger partial charge >= 0.3 is 5.97 Å². The fourth-order valence-electron chi connectivity index (χ4n) is 1.43. The van der Waals surface area contributed by atoms with E-state index >= 15 is 0 Å². The van der Waals surface area contributed by atoms with Crippen molar-refractivity contribution in [1.29, 1.82) is 0 Å². The van der Waals surface area contributed by atoms with Gasteiger partial charge in [-0.3, -0.25) is 14.8 Å². The molecule has 14 heavy (non-hydrogen) atoms. The molecular formula is C8H11N3O2S. The molecule has 5 nitrogen and oxygen atoms in total. The summed E-state index contributed by atoms with van der Waals surface area (Å²) in [5, 5.41) is 15.9. The molecule has 2 atom stereocenters. The third-order valence-corrected chi connectivity index (χ3v) is 3.44. The third kappa shape index (κ3) is 1.62. The van der Waals surface area contributed by atoms with Crippen LogP contribution in [-0.2, 0) is 11.8 Å². The van der Waals surface area contributed by atoms with Crippen LogP contribution in [-0.4, -0.2) is 32.7 Å². The van der Waals surface area contributed by atoms with Crippen LogP contribution in [0, 0.1) is 0 Å². The zero-order valence-corrected chi connectivity index (χ0v) is 8.49. The second-order valence-electron chi connectivity index (χ2n) is 3.15. The topological polar surface area (TPSA) is 67.2 Å². The second kappa shape index (κ2) is 3.62. The van der Waals surface area contributed by atoms with Gasteiger partial charge in [0.15, 0.2) is 0 Å². The van der Waals surface area contributed by atoms with Crippen molar-refractivity contribution in [2.24, 2.45) is 7.05 Å². The molecule has 0 radical (unpaired) electrons. The summed E-state index contributed by atoms with van der Waals surface area (Å²) >= 11 is 1.60. The highest BCUT2D eigenvalue weighted by atomic mass is 32.2. The van der Waals surface area contributed by atoms with Crippen LogP contribution in [0.25, 0.3) is 0 Å². The summed E-state index contributed by atoms with van der Waals surface area (Å²) in [6, 6.07) is 1.45. The van der Waals surface area contributed by atoms with Gasteiger partial charge in [-0.25, -0.2) is 0 Å². The van der Waals surface area contributed by atoms with E-state index in [1.54, 1.807) is 22.6 Å². The summed E-state index contributed by atoms with van der Waals surface area (Å²) in [6.45, 7) is 0. The zero-order valence-electron chi connectivity index (χ0n) is 7.67. The van der Waals surface area contributed by atoms with E-state index in [0.717, 1.165) is 5.69 Å². The lowest BCUT2D eigenvalue weighted by atomic mass is 10.3. The highest BCUT2D eigenvalue weighted by Gasteiger charge is 2.31. The first-order chi connectivity index (χ1) is 6.68. The number of carboxylic acid groups (broad SMARTS) is 1. The van der Waals surface area contributed by atoms with Crippen LogP contribution in [0.15, 0.2) is 12.3 Å². The largest absolute Gasteiger partial charge is 0.480 e. The molecule has 0 aromatic carbocycles. The fraction of sp³-hybridized carbons (Fsp3) is 0.500. The Balaban J connectivity index is 2.10. The molecule has 1 aliphatic heterocycles. The quantitative estimate of drug-likeness (QED) is 0.735. The number of aromatic nitrogens is 2. The second-order valence-corrected chi connectivity index (χ2v) is 4.29. The molecule has 2 N–H and O–H groups in total. The number of thioether (sulfide) groups is 1. The van der Waals surface area contributed by atoms with Crippen molar-refractivity contribution in [1.82, 2.24) is 15.1 Å². The number of carboxylic acids is 1. The van der Waals surface area contributed by atoms with Gasteiger partial charge in [-0.05, 0) is 6.07 Å². The number of rotatable bonds is 2. The SMILES string of the molecule is Cn1nccc1[C@@H]1N[C@@H](C(=O)O)CS1. The molecule has 1 fully saturated rings. The minimum Gasteiger partial charge on any atom is -0.480 e. The molecule has 0 bridgehead atoms. The number of carbonyl (C=O) groups is 1. The third-order valence-electron chi connectivity index (χ3n) is 2.21. The van der Waals surface area contributed by atoms with Crippen LogP contribution in [0.2, 0.25) is 0 Å². The molecule has 0 spiro atoms. The molecular weight excluding hydrogens is 202 g/mol. The maximum atomic E-state index is 10.7. The maximum Gasteiger partial charge on any atom is 0.321 e. The van der Waals surface area contributed by atoms with Crippen LogP contribution in [0.4, 0.5) is 0 Å². The summed E-state index contributed by atoms with van der Waals surface area (Å²) in [6.07, 6.45) is 1.71. The van der Waals surface area contributed by atoms with Gasteiger partial charge in [0.2, 0.25) is 0 Å². The van der Waals surface area contributed by atoms with E-state index in [9.17, 15) is 4.79 Å². The number of aryl methyl sites for hydroxylation is 1.